The number of benzene rings is 1. The molecule has 1 saturated heterocycles. The van der Waals surface area contributed by atoms with Crippen LogP contribution in [0.15, 0.2) is 18.2 Å². The van der Waals surface area contributed by atoms with Gasteiger partial charge in [0.1, 0.15) is 0 Å². The second kappa shape index (κ2) is 7.15. The van der Waals surface area contributed by atoms with Gasteiger partial charge in [0, 0.05) is 6.42 Å². The molecule has 1 aliphatic heterocycles. The number of carbonyl (C=O) groups excluding carboxylic acids is 1. The molecule has 0 atom stereocenters. The van der Waals surface area contributed by atoms with E-state index in [1.165, 1.54) is 0 Å². The predicted octanol–water partition coefficient (Wildman–Crippen LogP) is 3.09. The second-order valence-corrected chi connectivity index (χ2v) is 6.95. The maximum absolute atomic E-state index is 11.8. The van der Waals surface area contributed by atoms with Crippen molar-refractivity contribution >= 4 is 18.6 Å². The summed E-state index contributed by atoms with van der Waals surface area (Å²) in [6.07, 6.45) is 1.12. The lowest BCUT2D eigenvalue weighted by Crippen LogP contribution is -2.41. The lowest BCUT2D eigenvalue weighted by atomic mass is 9.79. The van der Waals surface area contributed by atoms with Crippen LogP contribution in [0.4, 0.5) is 0 Å². The van der Waals surface area contributed by atoms with Crippen LogP contribution in [0, 0.1) is 0 Å². The minimum Gasteiger partial charge on any atom is -0.490 e. The molecule has 2 rings (SSSR count). The molecular formula is C18H27BO5. The van der Waals surface area contributed by atoms with Gasteiger partial charge < -0.3 is 18.8 Å². The standard InChI is InChI=1S/C18H27BO5/c1-7-9-16(20)22-14-11-10-13(12-15(14)21-8-2)19-23-17(3,4)18(5,6)24-19/h10-12H,7-9H2,1-6H3. The molecule has 1 aliphatic rings. The average Bonchev–Trinajstić information content (AvgIpc) is 2.70. The summed E-state index contributed by atoms with van der Waals surface area (Å²) in [5.41, 5.74) is 0.0261. The number of carbonyl (C=O) groups is 1. The number of rotatable bonds is 6. The molecule has 0 bridgehead atoms. The van der Waals surface area contributed by atoms with Gasteiger partial charge in [0.15, 0.2) is 11.5 Å². The van der Waals surface area contributed by atoms with E-state index in [1.807, 2.05) is 53.7 Å². The summed E-state index contributed by atoms with van der Waals surface area (Å²) in [5, 5.41) is 0. The molecule has 0 saturated carbocycles. The zero-order valence-electron chi connectivity index (χ0n) is 15.5. The molecule has 5 nitrogen and oxygen atoms in total. The summed E-state index contributed by atoms with van der Waals surface area (Å²) in [4.78, 5) is 11.8. The second-order valence-electron chi connectivity index (χ2n) is 6.95. The normalized spacial score (nSPS) is 18.5. The van der Waals surface area contributed by atoms with Crippen LogP contribution in [-0.4, -0.2) is 30.9 Å². The van der Waals surface area contributed by atoms with Gasteiger partial charge in [0.2, 0.25) is 0 Å². The molecule has 0 unspecified atom stereocenters. The first-order chi connectivity index (χ1) is 11.2. The van der Waals surface area contributed by atoms with Crippen LogP contribution in [0.2, 0.25) is 0 Å². The molecule has 24 heavy (non-hydrogen) atoms. The van der Waals surface area contributed by atoms with Crippen LogP contribution in [-0.2, 0) is 14.1 Å². The zero-order valence-corrected chi connectivity index (χ0v) is 15.5. The summed E-state index contributed by atoms with van der Waals surface area (Å²) in [7, 11) is -0.477. The fraction of sp³-hybridized carbons (Fsp3) is 0.611. The number of esters is 1. The third kappa shape index (κ3) is 3.93. The Balaban J connectivity index is 2.24. The Kier molecular flexibility index (Phi) is 5.61. The van der Waals surface area contributed by atoms with Crippen LogP contribution >= 0.6 is 0 Å². The van der Waals surface area contributed by atoms with Crippen molar-refractivity contribution in [2.45, 2.75) is 65.6 Å². The van der Waals surface area contributed by atoms with Crippen molar-refractivity contribution in [2.24, 2.45) is 0 Å². The van der Waals surface area contributed by atoms with Crippen molar-refractivity contribution in [1.29, 1.82) is 0 Å². The van der Waals surface area contributed by atoms with Gasteiger partial charge in [-0.05, 0) is 58.6 Å². The van der Waals surface area contributed by atoms with E-state index >= 15 is 0 Å². The minimum absolute atomic E-state index is 0.262. The van der Waals surface area contributed by atoms with Crippen LogP contribution in [0.25, 0.3) is 0 Å². The molecule has 0 radical (unpaired) electrons. The number of ether oxygens (including phenoxy) is 2. The quantitative estimate of drug-likeness (QED) is 0.455. The first-order valence-electron chi connectivity index (χ1n) is 8.53. The Hall–Kier alpha value is -1.53. The smallest absolute Gasteiger partial charge is 0.490 e. The molecule has 0 amide bonds. The zero-order chi connectivity index (χ0) is 18.0. The molecule has 6 heteroatoms. The van der Waals surface area contributed by atoms with Crippen molar-refractivity contribution in [3.8, 4) is 11.5 Å². The molecular weight excluding hydrogens is 307 g/mol. The third-order valence-corrected chi connectivity index (χ3v) is 4.47. The lowest BCUT2D eigenvalue weighted by molar-refractivity contribution is -0.134. The maximum atomic E-state index is 11.8. The van der Waals surface area contributed by atoms with Gasteiger partial charge in [-0.15, -0.1) is 0 Å². The molecule has 1 heterocycles. The molecule has 0 aliphatic carbocycles. The molecule has 0 spiro atoms. The van der Waals surface area contributed by atoms with E-state index in [9.17, 15) is 4.79 Å². The predicted molar refractivity (Wildman–Crippen MR) is 93.9 cm³/mol. The third-order valence-electron chi connectivity index (χ3n) is 4.47. The number of hydrogen-bond acceptors (Lipinski definition) is 5. The van der Waals surface area contributed by atoms with E-state index in [4.69, 9.17) is 18.8 Å². The molecule has 1 aromatic rings. The Bertz CT molecular complexity index is 581. The van der Waals surface area contributed by atoms with Crippen LogP contribution in [0.1, 0.15) is 54.4 Å². The van der Waals surface area contributed by atoms with Gasteiger partial charge in [-0.2, -0.15) is 0 Å². The van der Waals surface area contributed by atoms with E-state index in [0.29, 0.717) is 24.5 Å². The van der Waals surface area contributed by atoms with Gasteiger partial charge in [-0.3, -0.25) is 4.79 Å². The van der Waals surface area contributed by atoms with Crippen molar-refractivity contribution in [2.75, 3.05) is 6.61 Å². The maximum Gasteiger partial charge on any atom is 0.494 e. The Morgan fingerprint density at radius 3 is 2.25 bits per heavy atom. The summed E-state index contributed by atoms with van der Waals surface area (Å²) in [6.45, 7) is 12.3. The lowest BCUT2D eigenvalue weighted by Gasteiger charge is -2.32. The molecule has 132 valence electrons. The van der Waals surface area contributed by atoms with Crippen molar-refractivity contribution in [3.63, 3.8) is 0 Å². The largest absolute Gasteiger partial charge is 0.494 e. The highest BCUT2D eigenvalue weighted by atomic mass is 16.7. The summed E-state index contributed by atoms with van der Waals surface area (Å²) in [5.74, 6) is 0.687. The monoisotopic (exact) mass is 334 g/mol. The first kappa shape index (κ1) is 18.8. The Labute approximate surface area is 144 Å². The van der Waals surface area contributed by atoms with E-state index in [0.717, 1.165) is 11.9 Å². The number of hydrogen-bond donors (Lipinski definition) is 0. The first-order valence-corrected chi connectivity index (χ1v) is 8.53. The van der Waals surface area contributed by atoms with Gasteiger partial charge in [-0.25, -0.2) is 0 Å². The Morgan fingerprint density at radius 1 is 1.08 bits per heavy atom. The van der Waals surface area contributed by atoms with Crippen LogP contribution in [0.5, 0.6) is 11.5 Å². The SMILES string of the molecule is CCCC(=O)Oc1ccc(B2OC(C)(C)C(C)(C)O2)cc1OCC. The molecule has 1 fully saturated rings. The van der Waals surface area contributed by atoms with E-state index in [-0.39, 0.29) is 5.97 Å². The summed E-state index contributed by atoms with van der Waals surface area (Å²) >= 11 is 0. The summed E-state index contributed by atoms with van der Waals surface area (Å²) < 4.78 is 23.1. The average molecular weight is 334 g/mol. The van der Waals surface area contributed by atoms with E-state index < -0.39 is 18.3 Å². The molecule has 1 aromatic carbocycles. The van der Waals surface area contributed by atoms with Crippen molar-refractivity contribution in [3.05, 3.63) is 18.2 Å². The van der Waals surface area contributed by atoms with Gasteiger partial charge in [-0.1, -0.05) is 13.0 Å². The topological polar surface area (TPSA) is 54.0 Å². The van der Waals surface area contributed by atoms with Gasteiger partial charge in [0.25, 0.3) is 0 Å². The molecule has 0 aromatic heterocycles. The van der Waals surface area contributed by atoms with Crippen LogP contribution < -0.4 is 14.9 Å². The highest BCUT2D eigenvalue weighted by Gasteiger charge is 2.51. The molecule has 0 N–H and O–H groups in total. The highest BCUT2D eigenvalue weighted by molar-refractivity contribution is 6.62. The minimum atomic E-state index is -0.477. The fourth-order valence-electron chi connectivity index (χ4n) is 2.38. The van der Waals surface area contributed by atoms with Crippen molar-refractivity contribution in [1.82, 2.24) is 0 Å². The van der Waals surface area contributed by atoms with Gasteiger partial charge >= 0.3 is 13.1 Å². The van der Waals surface area contributed by atoms with Crippen molar-refractivity contribution < 1.29 is 23.6 Å². The Morgan fingerprint density at radius 2 is 1.71 bits per heavy atom. The van der Waals surface area contributed by atoms with Gasteiger partial charge in [0.05, 0.1) is 17.8 Å². The fourth-order valence-corrected chi connectivity index (χ4v) is 2.38. The van der Waals surface area contributed by atoms with Crippen LogP contribution in [0.3, 0.4) is 0 Å². The summed E-state index contributed by atoms with van der Waals surface area (Å²) in [6, 6.07) is 5.40. The highest BCUT2D eigenvalue weighted by Crippen LogP contribution is 2.37. The van der Waals surface area contributed by atoms with E-state index in [2.05, 4.69) is 0 Å². The van der Waals surface area contributed by atoms with E-state index in [1.54, 1.807) is 6.07 Å².